The van der Waals surface area contributed by atoms with Crippen LogP contribution in [0.2, 0.25) is 0 Å². The number of ether oxygens (including phenoxy) is 1. The van der Waals surface area contributed by atoms with E-state index in [4.69, 9.17) is 4.74 Å². The standard InChI is InChI=1S/C7H13NO3/c1-11-5-6-2-3-8(4-6)7(9)10/h6H,2-5H2,1H3,(H,9,10)/p-1. The maximum absolute atomic E-state index is 10.3. The summed E-state index contributed by atoms with van der Waals surface area (Å²) in [7, 11) is 1.63. The van der Waals surface area contributed by atoms with Gasteiger partial charge in [0, 0.05) is 26.1 Å². The highest BCUT2D eigenvalue weighted by molar-refractivity contribution is 5.62. The Morgan fingerprint density at radius 3 is 3.00 bits per heavy atom. The van der Waals surface area contributed by atoms with Crippen molar-refractivity contribution in [1.29, 1.82) is 0 Å². The number of carbonyl (C=O) groups is 1. The minimum atomic E-state index is -1.07. The van der Waals surface area contributed by atoms with Crippen molar-refractivity contribution in [1.82, 2.24) is 4.90 Å². The van der Waals surface area contributed by atoms with Crippen LogP contribution in [-0.4, -0.2) is 37.8 Å². The second-order valence-electron chi connectivity index (χ2n) is 2.82. The Bertz CT molecular complexity index is 149. The fraction of sp³-hybridized carbons (Fsp3) is 0.857. The molecule has 0 saturated carbocycles. The highest BCUT2D eigenvalue weighted by atomic mass is 16.5. The van der Waals surface area contributed by atoms with Gasteiger partial charge in [-0.05, 0) is 6.42 Å². The summed E-state index contributed by atoms with van der Waals surface area (Å²) < 4.78 is 4.91. The van der Waals surface area contributed by atoms with Crippen LogP contribution in [-0.2, 0) is 4.74 Å². The van der Waals surface area contributed by atoms with Gasteiger partial charge in [0.2, 0.25) is 0 Å². The van der Waals surface area contributed by atoms with Gasteiger partial charge in [-0.3, -0.25) is 0 Å². The molecule has 1 atom stereocenters. The minimum Gasteiger partial charge on any atom is -0.530 e. The Hall–Kier alpha value is -0.770. The van der Waals surface area contributed by atoms with Gasteiger partial charge in [-0.15, -0.1) is 0 Å². The zero-order chi connectivity index (χ0) is 8.27. The zero-order valence-electron chi connectivity index (χ0n) is 6.58. The molecule has 1 heterocycles. The third-order valence-electron chi connectivity index (χ3n) is 1.95. The Kier molecular flexibility index (Phi) is 2.70. The van der Waals surface area contributed by atoms with Crippen LogP contribution in [0.25, 0.3) is 0 Å². The van der Waals surface area contributed by atoms with Crippen LogP contribution in [0, 0.1) is 5.92 Å². The lowest BCUT2D eigenvalue weighted by Gasteiger charge is -2.18. The van der Waals surface area contributed by atoms with Crippen LogP contribution in [0.5, 0.6) is 0 Å². The summed E-state index contributed by atoms with van der Waals surface area (Å²) >= 11 is 0. The Balaban J connectivity index is 2.29. The van der Waals surface area contributed by atoms with Crippen LogP contribution in [0.3, 0.4) is 0 Å². The molecule has 0 N–H and O–H groups in total. The van der Waals surface area contributed by atoms with E-state index in [0.717, 1.165) is 6.42 Å². The van der Waals surface area contributed by atoms with Crippen molar-refractivity contribution < 1.29 is 14.6 Å². The van der Waals surface area contributed by atoms with Crippen molar-refractivity contribution >= 4 is 6.09 Å². The minimum absolute atomic E-state index is 0.359. The number of hydrogen-bond acceptors (Lipinski definition) is 3. The number of nitrogens with zero attached hydrogens (tertiary/aromatic N) is 1. The molecule has 1 rings (SSSR count). The number of likely N-dealkylation sites (tertiary alicyclic amines) is 1. The number of carbonyl (C=O) groups excluding carboxylic acids is 1. The molecule has 11 heavy (non-hydrogen) atoms. The first-order valence-electron chi connectivity index (χ1n) is 3.69. The molecule has 4 heteroatoms. The summed E-state index contributed by atoms with van der Waals surface area (Å²) in [5.74, 6) is 0.359. The Morgan fingerprint density at radius 2 is 2.55 bits per heavy atom. The highest BCUT2D eigenvalue weighted by Gasteiger charge is 2.21. The summed E-state index contributed by atoms with van der Waals surface area (Å²) in [6.45, 7) is 1.80. The van der Waals surface area contributed by atoms with Gasteiger partial charge in [-0.1, -0.05) is 0 Å². The smallest absolute Gasteiger partial charge is 0.136 e. The molecule has 0 radical (unpaired) electrons. The third-order valence-corrected chi connectivity index (χ3v) is 1.95. The molecule has 0 aromatic rings. The molecule has 1 fully saturated rings. The first kappa shape index (κ1) is 8.33. The molecule has 1 aliphatic rings. The van der Waals surface area contributed by atoms with Crippen LogP contribution < -0.4 is 5.11 Å². The van der Waals surface area contributed by atoms with Crippen molar-refractivity contribution in [3.63, 3.8) is 0 Å². The topological polar surface area (TPSA) is 52.6 Å². The maximum Gasteiger partial charge on any atom is 0.136 e. The summed E-state index contributed by atoms with van der Waals surface area (Å²) in [6.07, 6.45) is -0.175. The van der Waals surface area contributed by atoms with Crippen molar-refractivity contribution in [2.24, 2.45) is 5.92 Å². The van der Waals surface area contributed by atoms with Crippen LogP contribution >= 0.6 is 0 Å². The molecule has 4 nitrogen and oxygen atoms in total. The lowest BCUT2D eigenvalue weighted by Crippen LogP contribution is -2.39. The second kappa shape index (κ2) is 3.57. The molecular formula is C7H12NO3-. The molecule has 1 unspecified atom stereocenters. The lowest BCUT2D eigenvalue weighted by molar-refractivity contribution is -0.264. The predicted molar refractivity (Wildman–Crippen MR) is 37.0 cm³/mol. The van der Waals surface area contributed by atoms with Gasteiger partial charge in [0.25, 0.3) is 0 Å². The van der Waals surface area contributed by atoms with Gasteiger partial charge in [-0.2, -0.15) is 0 Å². The normalized spacial score (nSPS) is 24.1. The summed E-state index contributed by atoms with van der Waals surface area (Å²) in [4.78, 5) is 11.6. The number of carboxylic acid groups (broad SMARTS) is 1. The second-order valence-corrected chi connectivity index (χ2v) is 2.82. The van der Waals surface area contributed by atoms with Gasteiger partial charge in [0.05, 0.1) is 6.61 Å². The lowest BCUT2D eigenvalue weighted by atomic mass is 10.1. The Morgan fingerprint density at radius 1 is 1.82 bits per heavy atom. The number of amides is 1. The Labute approximate surface area is 65.8 Å². The summed E-state index contributed by atoms with van der Waals surface area (Å²) in [6, 6.07) is 0. The van der Waals surface area contributed by atoms with Crippen LogP contribution in [0.4, 0.5) is 4.79 Å². The maximum atomic E-state index is 10.3. The average molecular weight is 158 g/mol. The van der Waals surface area contributed by atoms with Crippen molar-refractivity contribution in [2.75, 3.05) is 26.8 Å². The van der Waals surface area contributed by atoms with E-state index in [1.165, 1.54) is 4.90 Å². The van der Waals surface area contributed by atoms with E-state index in [9.17, 15) is 9.90 Å². The zero-order valence-corrected chi connectivity index (χ0v) is 6.58. The van der Waals surface area contributed by atoms with Gasteiger partial charge in [-0.25, -0.2) is 0 Å². The van der Waals surface area contributed by atoms with E-state index < -0.39 is 6.09 Å². The van der Waals surface area contributed by atoms with E-state index in [-0.39, 0.29) is 0 Å². The summed E-state index contributed by atoms with van der Waals surface area (Å²) in [5.41, 5.74) is 0. The van der Waals surface area contributed by atoms with E-state index in [1.54, 1.807) is 7.11 Å². The first-order chi connectivity index (χ1) is 5.24. The monoisotopic (exact) mass is 158 g/mol. The van der Waals surface area contributed by atoms with Gasteiger partial charge >= 0.3 is 0 Å². The highest BCUT2D eigenvalue weighted by Crippen LogP contribution is 2.15. The molecular weight excluding hydrogens is 146 g/mol. The van der Waals surface area contributed by atoms with E-state index in [2.05, 4.69) is 0 Å². The molecule has 0 aromatic heterocycles. The number of methoxy groups -OCH3 is 1. The first-order valence-corrected chi connectivity index (χ1v) is 3.69. The van der Waals surface area contributed by atoms with Gasteiger partial charge in [0.15, 0.2) is 0 Å². The largest absolute Gasteiger partial charge is 0.530 e. The van der Waals surface area contributed by atoms with Gasteiger partial charge in [0.1, 0.15) is 6.09 Å². The predicted octanol–water partition coefficient (Wildman–Crippen LogP) is -0.702. The molecule has 0 spiro atoms. The number of hydrogen-bond donors (Lipinski definition) is 0. The average Bonchev–Trinajstić information content (AvgIpc) is 2.37. The van der Waals surface area contributed by atoms with Crippen LogP contribution in [0.1, 0.15) is 6.42 Å². The molecule has 1 saturated heterocycles. The quantitative estimate of drug-likeness (QED) is 0.534. The molecule has 0 aliphatic carbocycles. The molecule has 0 bridgehead atoms. The fourth-order valence-corrected chi connectivity index (χ4v) is 1.37. The van der Waals surface area contributed by atoms with Crippen molar-refractivity contribution in [3.8, 4) is 0 Å². The molecule has 1 amide bonds. The SMILES string of the molecule is COCC1CCN(C(=O)[O-])C1. The van der Waals surface area contributed by atoms with Crippen molar-refractivity contribution in [2.45, 2.75) is 6.42 Å². The molecule has 1 aliphatic heterocycles. The molecule has 0 aromatic carbocycles. The number of rotatable bonds is 2. The van der Waals surface area contributed by atoms with E-state index in [1.807, 2.05) is 0 Å². The van der Waals surface area contributed by atoms with Crippen LogP contribution in [0.15, 0.2) is 0 Å². The van der Waals surface area contributed by atoms with E-state index in [0.29, 0.717) is 25.6 Å². The van der Waals surface area contributed by atoms with Crippen molar-refractivity contribution in [3.05, 3.63) is 0 Å². The van der Waals surface area contributed by atoms with E-state index >= 15 is 0 Å². The van der Waals surface area contributed by atoms with Gasteiger partial charge < -0.3 is 19.5 Å². The summed E-state index contributed by atoms with van der Waals surface area (Å²) in [5, 5.41) is 10.3. The molecule has 64 valence electrons. The fourth-order valence-electron chi connectivity index (χ4n) is 1.37. The third kappa shape index (κ3) is 2.08.